The van der Waals surface area contributed by atoms with Gasteiger partial charge in [-0.3, -0.25) is 9.69 Å². The number of rotatable bonds is 4. The molecule has 4 nitrogen and oxygen atoms in total. The quantitative estimate of drug-likeness (QED) is 0.922. The summed E-state index contributed by atoms with van der Waals surface area (Å²) in [7, 11) is 0. The van der Waals surface area contributed by atoms with E-state index in [-0.39, 0.29) is 11.9 Å². The standard InChI is InChI=1S/C14H23N3OS/c1-10(2)15-14(18)13-11(3)16-12(19-13)9-17-7-5-4-6-8-17/h10H,4-9H2,1-3H3,(H,15,18). The summed E-state index contributed by atoms with van der Waals surface area (Å²) in [6.07, 6.45) is 3.91. The van der Waals surface area contributed by atoms with Crippen LogP contribution in [0.2, 0.25) is 0 Å². The van der Waals surface area contributed by atoms with E-state index >= 15 is 0 Å². The van der Waals surface area contributed by atoms with Crippen molar-refractivity contribution >= 4 is 17.2 Å². The number of nitrogens with zero attached hydrogens (tertiary/aromatic N) is 2. The first kappa shape index (κ1) is 14.5. The second kappa shape index (κ2) is 6.48. The molecule has 0 atom stereocenters. The first-order chi connectivity index (χ1) is 9.06. The summed E-state index contributed by atoms with van der Waals surface area (Å²) in [5.74, 6) is 0.00916. The molecule has 1 N–H and O–H groups in total. The molecule has 5 heteroatoms. The van der Waals surface area contributed by atoms with Gasteiger partial charge in [-0.15, -0.1) is 11.3 Å². The number of hydrogen-bond donors (Lipinski definition) is 1. The Balaban J connectivity index is 2.01. The number of amides is 1. The summed E-state index contributed by atoms with van der Waals surface area (Å²) >= 11 is 1.54. The molecule has 1 aromatic heterocycles. The van der Waals surface area contributed by atoms with Gasteiger partial charge in [0.15, 0.2) is 0 Å². The van der Waals surface area contributed by atoms with Gasteiger partial charge in [0, 0.05) is 6.04 Å². The topological polar surface area (TPSA) is 45.2 Å². The molecule has 0 radical (unpaired) electrons. The zero-order chi connectivity index (χ0) is 13.8. The van der Waals surface area contributed by atoms with Crippen LogP contribution in [0.3, 0.4) is 0 Å². The third-order valence-corrected chi connectivity index (χ3v) is 4.42. The van der Waals surface area contributed by atoms with Gasteiger partial charge < -0.3 is 5.32 Å². The van der Waals surface area contributed by atoms with E-state index in [4.69, 9.17) is 0 Å². The highest BCUT2D eigenvalue weighted by Crippen LogP contribution is 2.21. The van der Waals surface area contributed by atoms with Crippen LogP contribution in [0, 0.1) is 6.92 Å². The van der Waals surface area contributed by atoms with Gasteiger partial charge >= 0.3 is 0 Å². The third-order valence-electron chi connectivity index (χ3n) is 3.27. The van der Waals surface area contributed by atoms with Gasteiger partial charge in [-0.05, 0) is 46.7 Å². The van der Waals surface area contributed by atoms with E-state index in [1.54, 1.807) is 0 Å². The van der Waals surface area contributed by atoms with Gasteiger partial charge in [0.2, 0.25) is 0 Å². The fraction of sp³-hybridized carbons (Fsp3) is 0.714. The molecule has 1 aliphatic rings. The highest BCUT2D eigenvalue weighted by atomic mass is 32.1. The minimum absolute atomic E-state index is 0.00916. The van der Waals surface area contributed by atoms with Crippen LogP contribution in [-0.4, -0.2) is 34.9 Å². The van der Waals surface area contributed by atoms with E-state index in [1.807, 2.05) is 20.8 Å². The number of piperidine rings is 1. The fourth-order valence-electron chi connectivity index (χ4n) is 2.37. The molecule has 0 unspecified atom stereocenters. The van der Waals surface area contributed by atoms with Crippen molar-refractivity contribution in [3.05, 3.63) is 15.6 Å². The maximum atomic E-state index is 12.0. The summed E-state index contributed by atoms with van der Waals surface area (Å²) in [6, 6.07) is 0.166. The number of carbonyl (C=O) groups is 1. The van der Waals surface area contributed by atoms with Gasteiger partial charge in [-0.2, -0.15) is 0 Å². The third kappa shape index (κ3) is 4.01. The van der Waals surface area contributed by atoms with Crippen molar-refractivity contribution in [3.8, 4) is 0 Å². The number of carbonyl (C=O) groups excluding carboxylic acids is 1. The summed E-state index contributed by atoms with van der Waals surface area (Å²) < 4.78 is 0. The minimum atomic E-state index is 0.00916. The molecule has 106 valence electrons. The van der Waals surface area contributed by atoms with E-state index in [0.717, 1.165) is 35.2 Å². The normalized spacial score (nSPS) is 16.8. The highest BCUT2D eigenvalue weighted by molar-refractivity contribution is 7.13. The van der Waals surface area contributed by atoms with E-state index in [9.17, 15) is 4.79 Å². The molecule has 1 fully saturated rings. The van der Waals surface area contributed by atoms with Gasteiger partial charge in [0.1, 0.15) is 9.88 Å². The summed E-state index contributed by atoms with van der Waals surface area (Å²) in [5, 5.41) is 4.00. The lowest BCUT2D eigenvalue weighted by Crippen LogP contribution is -2.29. The van der Waals surface area contributed by atoms with Crippen molar-refractivity contribution in [3.63, 3.8) is 0 Å². The average molecular weight is 281 g/mol. The second-order valence-electron chi connectivity index (χ2n) is 5.49. The van der Waals surface area contributed by atoms with Crippen LogP contribution < -0.4 is 5.32 Å². The Kier molecular flexibility index (Phi) is 4.93. The Labute approximate surface area is 119 Å². The molecular weight excluding hydrogens is 258 g/mol. The Hall–Kier alpha value is -0.940. The number of thiazole rings is 1. The summed E-state index contributed by atoms with van der Waals surface area (Å²) in [5.41, 5.74) is 0.857. The fourth-order valence-corrected chi connectivity index (χ4v) is 3.38. The molecule has 2 heterocycles. The van der Waals surface area contributed by atoms with Crippen LogP contribution in [-0.2, 0) is 6.54 Å². The van der Waals surface area contributed by atoms with Gasteiger partial charge in [0.25, 0.3) is 5.91 Å². The molecule has 0 aliphatic carbocycles. The number of aromatic nitrogens is 1. The number of aryl methyl sites for hydroxylation is 1. The monoisotopic (exact) mass is 281 g/mol. The highest BCUT2D eigenvalue weighted by Gasteiger charge is 2.18. The lowest BCUT2D eigenvalue weighted by atomic mass is 10.1. The van der Waals surface area contributed by atoms with Gasteiger partial charge in [0.05, 0.1) is 12.2 Å². The zero-order valence-corrected chi connectivity index (χ0v) is 12.8. The lowest BCUT2D eigenvalue weighted by molar-refractivity contribution is 0.0946. The molecule has 0 spiro atoms. The Morgan fingerprint density at radius 1 is 1.37 bits per heavy atom. The van der Waals surface area contributed by atoms with Crippen LogP contribution in [0.5, 0.6) is 0 Å². The maximum Gasteiger partial charge on any atom is 0.263 e. The average Bonchev–Trinajstić information content (AvgIpc) is 2.70. The Morgan fingerprint density at radius 3 is 2.68 bits per heavy atom. The second-order valence-corrected chi connectivity index (χ2v) is 6.57. The van der Waals surface area contributed by atoms with Crippen molar-refractivity contribution in [1.29, 1.82) is 0 Å². The SMILES string of the molecule is Cc1nc(CN2CCCCC2)sc1C(=O)NC(C)C. The van der Waals surface area contributed by atoms with Crippen LogP contribution in [0.15, 0.2) is 0 Å². The van der Waals surface area contributed by atoms with Crippen LogP contribution >= 0.6 is 11.3 Å². The Bertz CT molecular complexity index is 436. The number of hydrogen-bond acceptors (Lipinski definition) is 4. The molecule has 19 heavy (non-hydrogen) atoms. The predicted molar refractivity (Wildman–Crippen MR) is 78.6 cm³/mol. The molecule has 1 aliphatic heterocycles. The van der Waals surface area contributed by atoms with Gasteiger partial charge in [-0.25, -0.2) is 4.98 Å². The minimum Gasteiger partial charge on any atom is -0.349 e. The van der Waals surface area contributed by atoms with Crippen LogP contribution in [0.25, 0.3) is 0 Å². The Morgan fingerprint density at radius 2 is 2.05 bits per heavy atom. The number of likely N-dealkylation sites (tertiary alicyclic amines) is 1. The molecule has 0 aromatic carbocycles. The molecule has 0 saturated carbocycles. The molecule has 1 aromatic rings. The van der Waals surface area contributed by atoms with E-state index in [1.165, 1.54) is 30.6 Å². The summed E-state index contributed by atoms with van der Waals surface area (Å²) in [6.45, 7) is 9.08. The van der Waals surface area contributed by atoms with Gasteiger partial charge in [-0.1, -0.05) is 6.42 Å². The first-order valence-electron chi connectivity index (χ1n) is 7.06. The molecular formula is C14H23N3OS. The van der Waals surface area contributed by atoms with Crippen molar-refractivity contribution in [1.82, 2.24) is 15.2 Å². The molecule has 1 amide bonds. The van der Waals surface area contributed by atoms with E-state index < -0.39 is 0 Å². The maximum absolute atomic E-state index is 12.0. The van der Waals surface area contributed by atoms with Crippen molar-refractivity contribution in [2.24, 2.45) is 0 Å². The first-order valence-corrected chi connectivity index (χ1v) is 7.87. The van der Waals surface area contributed by atoms with Crippen molar-refractivity contribution in [2.45, 2.75) is 52.6 Å². The van der Waals surface area contributed by atoms with Crippen molar-refractivity contribution in [2.75, 3.05) is 13.1 Å². The predicted octanol–water partition coefficient (Wildman–Crippen LogP) is 2.58. The van der Waals surface area contributed by atoms with Crippen molar-refractivity contribution < 1.29 is 4.79 Å². The smallest absolute Gasteiger partial charge is 0.263 e. The molecule has 0 bridgehead atoms. The largest absolute Gasteiger partial charge is 0.349 e. The van der Waals surface area contributed by atoms with E-state index in [0.29, 0.717) is 0 Å². The molecule has 1 saturated heterocycles. The van der Waals surface area contributed by atoms with Crippen LogP contribution in [0.4, 0.5) is 0 Å². The van der Waals surface area contributed by atoms with Crippen LogP contribution in [0.1, 0.15) is 53.5 Å². The summed E-state index contributed by atoms with van der Waals surface area (Å²) in [4.78, 5) is 19.8. The number of nitrogens with one attached hydrogen (secondary N) is 1. The van der Waals surface area contributed by atoms with E-state index in [2.05, 4.69) is 15.2 Å². The molecule has 2 rings (SSSR count). The zero-order valence-electron chi connectivity index (χ0n) is 12.0. The lowest BCUT2D eigenvalue weighted by Gasteiger charge is -2.25.